The molecule has 1 fully saturated rings. The van der Waals surface area contributed by atoms with Gasteiger partial charge in [-0.25, -0.2) is 4.39 Å². The molecular formula is C21H26FN3O2S. The molecule has 2 aromatic rings. The van der Waals surface area contributed by atoms with Crippen LogP contribution in [0, 0.1) is 5.82 Å². The lowest BCUT2D eigenvalue weighted by molar-refractivity contribution is -0.136. The van der Waals surface area contributed by atoms with E-state index in [4.69, 9.17) is 0 Å². The Labute approximate surface area is 169 Å². The maximum Gasteiger partial charge on any atom is 0.243 e. The Hall–Kier alpha value is -2.25. The zero-order valence-corrected chi connectivity index (χ0v) is 17.0. The lowest BCUT2D eigenvalue weighted by Gasteiger charge is -2.27. The van der Waals surface area contributed by atoms with E-state index in [0.29, 0.717) is 25.8 Å². The number of halogens is 1. The first-order valence-corrected chi connectivity index (χ1v) is 10.3. The highest BCUT2D eigenvalue weighted by molar-refractivity contribution is 7.09. The third-order valence-electron chi connectivity index (χ3n) is 4.99. The molecule has 5 nitrogen and oxygen atoms in total. The van der Waals surface area contributed by atoms with Crippen LogP contribution in [-0.4, -0.2) is 48.3 Å². The second kappa shape index (κ2) is 9.30. The predicted octanol–water partition coefficient (Wildman–Crippen LogP) is 3.19. The van der Waals surface area contributed by atoms with Crippen LogP contribution in [-0.2, 0) is 16.1 Å². The highest BCUT2D eigenvalue weighted by Crippen LogP contribution is 2.25. The fourth-order valence-corrected chi connectivity index (χ4v) is 4.15. The van der Waals surface area contributed by atoms with Crippen molar-refractivity contribution in [1.82, 2.24) is 15.1 Å². The molecule has 150 valence electrons. The quantitative estimate of drug-likeness (QED) is 0.737. The molecule has 1 aromatic carbocycles. The molecule has 1 aliphatic heterocycles. The second-order valence-electron chi connectivity index (χ2n) is 7.36. The summed E-state index contributed by atoms with van der Waals surface area (Å²) in [5, 5.41) is 5.07. The van der Waals surface area contributed by atoms with Crippen molar-refractivity contribution in [2.45, 2.75) is 37.9 Å². The molecule has 2 unspecified atom stereocenters. The average Bonchev–Trinajstić information content (AvgIpc) is 3.30. The molecule has 1 N–H and O–H groups in total. The summed E-state index contributed by atoms with van der Waals surface area (Å²) in [5.74, 6) is -0.430. The minimum atomic E-state index is -0.461. The van der Waals surface area contributed by atoms with Gasteiger partial charge in [0.05, 0.1) is 12.6 Å². The number of carbonyl (C=O) groups is 2. The summed E-state index contributed by atoms with van der Waals surface area (Å²) < 4.78 is 13.3. The minimum Gasteiger partial charge on any atom is -0.347 e. The minimum absolute atomic E-state index is 0.0140. The van der Waals surface area contributed by atoms with Crippen molar-refractivity contribution in [1.29, 1.82) is 0 Å². The van der Waals surface area contributed by atoms with Crippen LogP contribution in [0.5, 0.6) is 0 Å². The smallest absolute Gasteiger partial charge is 0.243 e. The Morgan fingerprint density at radius 3 is 2.71 bits per heavy atom. The van der Waals surface area contributed by atoms with Crippen LogP contribution in [0.3, 0.4) is 0 Å². The number of amides is 2. The van der Waals surface area contributed by atoms with Gasteiger partial charge in [-0.3, -0.25) is 9.59 Å². The first kappa shape index (κ1) is 20.5. The van der Waals surface area contributed by atoms with Crippen molar-refractivity contribution in [3.8, 4) is 0 Å². The zero-order chi connectivity index (χ0) is 20.1. The van der Waals surface area contributed by atoms with E-state index >= 15 is 0 Å². The first-order valence-electron chi connectivity index (χ1n) is 9.46. The lowest BCUT2D eigenvalue weighted by atomic mass is 10.0. The molecule has 3 rings (SSSR count). The molecule has 0 aliphatic carbocycles. The third kappa shape index (κ3) is 5.17. The van der Waals surface area contributed by atoms with Crippen molar-refractivity contribution in [3.05, 3.63) is 58.0 Å². The van der Waals surface area contributed by atoms with Gasteiger partial charge in [0.1, 0.15) is 11.9 Å². The monoisotopic (exact) mass is 403 g/mol. The van der Waals surface area contributed by atoms with Crippen LogP contribution in [0.1, 0.15) is 35.7 Å². The lowest BCUT2D eigenvalue weighted by Crippen LogP contribution is -2.45. The molecule has 1 aromatic heterocycles. The van der Waals surface area contributed by atoms with Crippen molar-refractivity contribution < 1.29 is 14.0 Å². The van der Waals surface area contributed by atoms with Crippen LogP contribution in [0.2, 0.25) is 0 Å². The number of likely N-dealkylation sites (tertiary alicyclic amines) is 1. The Morgan fingerprint density at radius 2 is 2.07 bits per heavy atom. The van der Waals surface area contributed by atoms with Gasteiger partial charge in [-0.15, -0.1) is 11.3 Å². The molecule has 7 heteroatoms. The molecule has 0 radical (unpaired) electrons. The van der Waals surface area contributed by atoms with E-state index in [1.165, 1.54) is 12.1 Å². The summed E-state index contributed by atoms with van der Waals surface area (Å²) in [7, 11) is 3.95. The summed E-state index contributed by atoms with van der Waals surface area (Å²) in [6.07, 6.45) is 1.62. The summed E-state index contributed by atoms with van der Waals surface area (Å²) in [4.78, 5) is 30.1. The van der Waals surface area contributed by atoms with Crippen LogP contribution in [0.15, 0.2) is 41.8 Å². The Balaban J connectivity index is 1.72. The molecule has 1 aliphatic rings. The molecular weight excluding hydrogens is 377 g/mol. The molecule has 2 amide bonds. The fraction of sp³-hybridized carbons (Fsp3) is 0.429. The van der Waals surface area contributed by atoms with Gasteiger partial charge < -0.3 is 15.1 Å². The maximum atomic E-state index is 13.3. The molecule has 0 bridgehead atoms. The van der Waals surface area contributed by atoms with E-state index in [9.17, 15) is 14.0 Å². The van der Waals surface area contributed by atoms with Crippen LogP contribution in [0.25, 0.3) is 0 Å². The number of benzene rings is 1. The van der Waals surface area contributed by atoms with Crippen molar-refractivity contribution in [2.75, 3.05) is 20.6 Å². The van der Waals surface area contributed by atoms with Gasteiger partial charge in [-0.05, 0) is 62.6 Å². The summed E-state index contributed by atoms with van der Waals surface area (Å²) >= 11 is 1.58. The van der Waals surface area contributed by atoms with Crippen LogP contribution in [0.4, 0.5) is 4.39 Å². The number of rotatable bonds is 8. The van der Waals surface area contributed by atoms with Crippen molar-refractivity contribution in [2.24, 2.45) is 0 Å². The van der Waals surface area contributed by atoms with E-state index in [1.54, 1.807) is 28.4 Å². The van der Waals surface area contributed by atoms with Gasteiger partial charge in [-0.1, -0.05) is 18.2 Å². The molecule has 0 saturated carbocycles. The van der Waals surface area contributed by atoms with E-state index in [2.05, 4.69) is 5.32 Å². The van der Waals surface area contributed by atoms with Gasteiger partial charge in [0, 0.05) is 11.3 Å². The topological polar surface area (TPSA) is 52.7 Å². The Kier molecular flexibility index (Phi) is 6.80. The Bertz CT molecular complexity index is 792. The normalized spacial score (nSPS) is 17.9. The van der Waals surface area contributed by atoms with Gasteiger partial charge in [0.2, 0.25) is 11.8 Å². The number of hydrogen-bond donors (Lipinski definition) is 1. The van der Waals surface area contributed by atoms with E-state index in [-0.39, 0.29) is 23.7 Å². The van der Waals surface area contributed by atoms with Gasteiger partial charge in [0.15, 0.2) is 0 Å². The predicted molar refractivity (Wildman–Crippen MR) is 108 cm³/mol. The number of nitrogens with one attached hydrogen (secondary N) is 1. The average molecular weight is 404 g/mol. The molecule has 0 spiro atoms. The van der Waals surface area contributed by atoms with Gasteiger partial charge in [-0.2, -0.15) is 0 Å². The van der Waals surface area contributed by atoms with Crippen molar-refractivity contribution in [3.63, 3.8) is 0 Å². The summed E-state index contributed by atoms with van der Waals surface area (Å²) in [5.41, 5.74) is 0.866. The molecule has 2 heterocycles. The van der Waals surface area contributed by atoms with Gasteiger partial charge in [0.25, 0.3) is 0 Å². The molecule has 28 heavy (non-hydrogen) atoms. The zero-order valence-electron chi connectivity index (χ0n) is 16.2. The molecule has 1 saturated heterocycles. The number of carbonyl (C=O) groups excluding carboxylic acids is 2. The maximum absolute atomic E-state index is 13.3. The SMILES string of the molecule is CN(C)CCC(NC(=O)C1CCC(=O)N1Cc1cccs1)c1ccc(F)cc1. The highest BCUT2D eigenvalue weighted by atomic mass is 32.1. The largest absolute Gasteiger partial charge is 0.347 e. The van der Waals surface area contributed by atoms with Gasteiger partial charge >= 0.3 is 0 Å². The highest BCUT2D eigenvalue weighted by Gasteiger charge is 2.36. The van der Waals surface area contributed by atoms with Crippen LogP contribution >= 0.6 is 11.3 Å². The summed E-state index contributed by atoms with van der Waals surface area (Å²) in [6.45, 7) is 1.25. The van der Waals surface area contributed by atoms with E-state index in [0.717, 1.165) is 17.0 Å². The van der Waals surface area contributed by atoms with E-state index in [1.807, 2.05) is 36.5 Å². The number of nitrogens with zero attached hydrogens (tertiary/aromatic N) is 2. The summed E-state index contributed by atoms with van der Waals surface area (Å²) in [6, 6.07) is 9.47. The number of hydrogen-bond acceptors (Lipinski definition) is 4. The fourth-order valence-electron chi connectivity index (χ4n) is 3.45. The molecule has 2 atom stereocenters. The van der Waals surface area contributed by atoms with Crippen LogP contribution < -0.4 is 5.32 Å². The van der Waals surface area contributed by atoms with E-state index < -0.39 is 6.04 Å². The first-order chi connectivity index (χ1) is 13.4. The third-order valence-corrected chi connectivity index (χ3v) is 5.85. The second-order valence-corrected chi connectivity index (χ2v) is 8.39. The standard InChI is InChI=1S/C21H26FN3O2S/c1-24(2)12-11-18(15-5-7-16(22)8-6-15)23-21(27)19-9-10-20(26)25(19)14-17-4-3-13-28-17/h3-8,13,18-19H,9-12,14H2,1-2H3,(H,23,27). The van der Waals surface area contributed by atoms with Crippen molar-refractivity contribution >= 4 is 23.2 Å². The number of thiophene rings is 1. The Morgan fingerprint density at radius 1 is 1.32 bits per heavy atom.